The van der Waals surface area contributed by atoms with Crippen molar-refractivity contribution in [3.8, 4) is 0 Å². The monoisotopic (exact) mass is 292 g/mol. The Balaban J connectivity index is 1.92. The number of amides is 1. The number of thiazole rings is 1. The van der Waals surface area contributed by atoms with E-state index in [9.17, 15) is 4.79 Å². The maximum atomic E-state index is 12.0. The van der Waals surface area contributed by atoms with Crippen LogP contribution in [-0.4, -0.2) is 20.4 Å². The molecular weight excluding hydrogens is 272 g/mol. The number of aromatic nitrogens is 3. The number of carbonyl (C=O) groups excluding carboxylic acids is 1. The van der Waals surface area contributed by atoms with E-state index in [-0.39, 0.29) is 5.91 Å². The Labute approximate surface area is 123 Å². The Hall–Kier alpha value is -1.69. The van der Waals surface area contributed by atoms with Gasteiger partial charge in [0.25, 0.3) is 0 Å². The van der Waals surface area contributed by atoms with Crippen LogP contribution in [0.3, 0.4) is 0 Å². The third kappa shape index (κ3) is 3.45. The molecule has 2 heterocycles. The largest absolute Gasteiger partial charge is 0.349 e. The topological polar surface area (TPSA) is 59.8 Å². The van der Waals surface area contributed by atoms with Crippen LogP contribution in [0.5, 0.6) is 0 Å². The van der Waals surface area contributed by atoms with Crippen molar-refractivity contribution in [3.05, 3.63) is 33.8 Å². The summed E-state index contributed by atoms with van der Waals surface area (Å²) in [6, 6.07) is 0.343. The lowest BCUT2D eigenvalue weighted by Gasteiger charge is -2.11. The molecule has 0 spiro atoms. The molecule has 1 amide bonds. The summed E-state index contributed by atoms with van der Waals surface area (Å²) in [7, 11) is 0. The molecule has 0 aliphatic rings. The molecule has 108 valence electrons. The molecule has 0 radical (unpaired) electrons. The molecule has 0 saturated carbocycles. The van der Waals surface area contributed by atoms with Gasteiger partial charge >= 0.3 is 0 Å². The van der Waals surface area contributed by atoms with Crippen LogP contribution >= 0.6 is 11.3 Å². The summed E-state index contributed by atoms with van der Waals surface area (Å²) in [5, 5.41) is 3.92. The molecule has 0 aliphatic carbocycles. The van der Waals surface area contributed by atoms with Crippen molar-refractivity contribution in [2.45, 2.75) is 46.7 Å². The maximum absolute atomic E-state index is 12.0. The molecule has 0 atom stereocenters. The Morgan fingerprint density at radius 3 is 2.80 bits per heavy atom. The van der Waals surface area contributed by atoms with E-state index >= 15 is 0 Å². The first-order valence-electron chi connectivity index (χ1n) is 6.68. The number of hydrogen-bond acceptors (Lipinski definition) is 4. The first-order valence-corrected chi connectivity index (χ1v) is 7.50. The molecule has 20 heavy (non-hydrogen) atoms. The van der Waals surface area contributed by atoms with Crippen LogP contribution in [0.2, 0.25) is 0 Å². The summed E-state index contributed by atoms with van der Waals surface area (Å²) >= 11 is 1.58. The lowest BCUT2D eigenvalue weighted by atomic mass is 10.3. The second-order valence-electron chi connectivity index (χ2n) is 5.04. The highest BCUT2D eigenvalue weighted by Gasteiger charge is 2.11. The van der Waals surface area contributed by atoms with E-state index in [0.717, 1.165) is 21.4 Å². The van der Waals surface area contributed by atoms with Crippen LogP contribution in [0.1, 0.15) is 41.3 Å². The highest BCUT2D eigenvalue weighted by atomic mass is 32.1. The maximum Gasteiger partial charge on any atom is 0.225 e. The van der Waals surface area contributed by atoms with Gasteiger partial charge < -0.3 is 9.88 Å². The van der Waals surface area contributed by atoms with Gasteiger partial charge in [0.2, 0.25) is 5.91 Å². The van der Waals surface area contributed by atoms with Gasteiger partial charge in [0, 0.05) is 23.3 Å². The highest BCUT2D eigenvalue weighted by Crippen LogP contribution is 2.17. The molecule has 0 unspecified atom stereocenters. The van der Waals surface area contributed by atoms with Gasteiger partial charge in [-0.05, 0) is 27.7 Å². The molecule has 0 fully saturated rings. The number of carbonyl (C=O) groups is 1. The van der Waals surface area contributed by atoms with Crippen LogP contribution in [0.4, 0.5) is 0 Å². The molecule has 0 aliphatic heterocycles. The number of aryl methyl sites for hydroxylation is 2. The number of nitrogens with zero attached hydrogens (tertiary/aromatic N) is 3. The van der Waals surface area contributed by atoms with E-state index in [1.807, 2.05) is 20.0 Å². The zero-order valence-corrected chi connectivity index (χ0v) is 13.1. The van der Waals surface area contributed by atoms with E-state index in [4.69, 9.17) is 0 Å². The number of nitrogens with one attached hydrogen (secondary N) is 1. The van der Waals surface area contributed by atoms with Crippen molar-refractivity contribution in [1.82, 2.24) is 19.9 Å². The molecule has 0 bridgehead atoms. The lowest BCUT2D eigenvalue weighted by molar-refractivity contribution is -0.120. The minimum Gasteiger partial charge on any atom is -0.349 e. The summed E-state index contributed by atoms with van der Waals surface area (Å²) in [5.74, 6) is 0.889. The van der Waals surface area contributed by atoms with Crippen LogP contribution in [0.25, 0.3) is 0 Å². The van der Waals surface area contributed by atoms with Gasteiger partial charge in [0.15, 0.2) is 0 Å². The van der Waals surface area contributed by atoms with E-state index in [2.05, 4.69) is 33.7 Å². The third-order valence-corrected chi connectivity index (χ3v) is 4.14. The summed E-state index contributed by atoms with van der Waals surface area (Å²) in [6.07, 6.45) is 4.08. The molecule has 5 nitrogen and oxygen atoms in total. The van der Waals surface area contributed by atoms with Gasteiger partial charge in [0.05, 0.1) is 23.7 Å². The first-order chi connectivity index (χ1) is 9.47. The fourth-order valence-corrected chi connectivity index (χ4v) is 3.01. The van der Waals surface area contributed by atoms with Crippen molar-refractivity contribution in [2.75, 3.05) is 0 Å². The minimum absolute atomic E-state index is 0.00931. The van der Waals surface area contributed by atoms with Gasteiger partial charge in [-0.1, -0.05) is 0 Å². The standard InChI is InChI=1S/C14H20N4OS/c1-9(2)18-6-5-15-13(18)8-16-14(19)7-12-10(3)17-11(4)20-12/h5-6,9H,7-8H2,1-4H3,(H,16,19). The smallest absolute Gasteiger partial charge is 0.225 e. The van der Waals surface area contributed by atoms with E-state index in [1.54, 1.807) is 17.5 Å². The normalized spacial score (nSPS) is 11.1. The lowest BCUT2D eigenvalue weighted by Crippen LogP contribution is -2.26. The average molecular weight is 292 g/mol. The number of rotatable bonds is 5. The van der Waals surface area contributed by atoms with Crippen molar-refractivity contribution in [3.63, 3.8) is 0 Å². The molecule has 0 aromatic carbocycles. The quantitative estimate of drug-likeness (QED) is 0.920. The Bertz CT molecular complexity index is 600. The molecule has 2 aromatic heterocycles. The first kappa shape index (κ1) is 14.7. The van der Waals surface area contributed by atoms with E-state index < -0.39 is 0 Å². The van der Waals surface area contributed by atoms with Gasteiger partial charge in [0.1, 0.15) is 5.82 Å². The third-order valence-electron chi connectivity index (χ3n) is 3.07. The molecule has 2 rings (SSSR count). The summed E-state index contributed by atoms with van der Waals surface area (Å²) < 4.78 is 2.06. The van der Waals surface area contributed by atoms with Crippen LogP contribution in [0, 0.1) is 13.8 Å². The summed E-state index contributed by atoms with van der Waals surface area (Å²) in [6.45, 7) is 8.55. The second kappa shape index (κ2) is 6.17. The van der Waals surface area contributed by atoms with Gasteiger partial charge in [-0.3, -0.25) is 4.79 Å². The predicted octanol–water partition coefficient (Wildman–Crippen LogP) is 2.40. The van der Waals surface area contributed by atoms with E-state index in [0.29, 0.717) is 19.0 Å². The molecular formula is C14H20N4OS. The minimum atomic E-state index is 0.00931. The van der Waals surface area contributed by atoms with Gasteiger partial charge in [-0.25, -0.2) is 9.97 Å². The Kier molecular flexibility index (Phi) is 4.54. The SMILES string of the molecule is Cc1nc(C)c(CC(=O)NCc2nccn2C(C)C)s1. The summed E-state index contributed by atoms with van der Waals surface area (Å²) in [4.78, 5) is 21.6. The van der Waals surface area contributed by atoms with E-state index in [1.165, 1.54) is 0 Å². The second-order valence-corrected chi connectivity index (χ2v) is 6.33. The Morgan fingerprint density at radius 1 is 1.45 bits per heavy atom. The summed E-state index contributed by atoms with van der Waals surface area (Å²) in [5.41, 5.74) is 0.950. The van der Waals surface area contributed by atoms with Crippen LogP contribution in [-0.2, 0) is 17.8 Å². The fraction of sp³-hybridized carbons (Fsp3) is 0.500. The van der Waals surface area contributed by atoms with Crippen LogP contribution in [0.15, 0.2) is 12.4 Å². The van der Waals surface area contributed by atoms with Crippen molar-refractivity contribution < 1.29 is 4.79 Å². The van der Waals surface area contributed by atoms with Crippen molar-refractivity contribution in [1.29, 1.82) is 0 Å². The van der Waals surface area contributed by atoms with Crippen molar-refractivity contribution in [2.24, 2.45) is 0 Å². The number of imidazole rings is 1. The molecule has 2 aromatic rings. The van der Waals surface area contributed by atoms with Gasteiger partial charge in [-0.2, -0.15) is 0 Å². The van der Waals surface area contributed by atoms with Crippen molar-refractivity contribution >= 4 is 17.2 Å². The molecule has 6 heteroatoms. The number of hydrogen-bond donors (Lipinski definition) is 1. The van der Waals surface area contributed by atoms with Crippen LogP contribution < -0.4 is 5.32 Å². The highest BCUT2D eigenvalue weighted by molar-refractivity contribution is 7.11. The predicted molar refractivity (Wildman–Crippen MR) is 79.8 cm³/mol. The fourth-order valence-electron chi connectivity index (χ4n) is 2.07. The average Bonchev–Trinajstić information content (AvgIpc) is 2.94. The molecule has 1 N–H and O–H groups in total. The zero-order chi connectivity index (χ0) is 14.7. The molecule has 0 saturated heterocycles. The van der Waals surface area contributed by atoms with Gasteiger partial charge in [-0.15, -0.1) is 11.3 Å². The Morgan fingerprint density at radius 2 is 2.20 bits per heavy atom. The zero-order valence-electron chi connectivity index (χ0n) is 12.3.